The number of benzene rings is 2. The standard InChI is InChI=1S/C23H23NO6/c1-13-4-6-18-16(12-29-22(18)14(13)2)10-21(25)30-15(3)23(26)24-17-5-7-19-20(11-17)28-9-8-27-19/h4-7,11-12,15H,8-10H2,1-3H3,(H,24,26)/t15-/m0/s1. The smallest absolute Gasteiger partial charge is 0.311 e. The Kier molecular flexibility index (Phi) is 5.35. The summed E-state index contributed by atoms with van der Waals surface area (Å²) < 4.78 is 21.9. The van der Waals surface area contributed by atoms with Crippen molar-refractivity contribution in [3.63, 3.8) is 0 Å². The summed E-state index contributed by atoms with van der Waals surface area (Å²) in [7, 11) is 0. The first kappa shape index (κ1) is 19.8. The Balaban J connectivity index is 1.37. The molecule has 4 rings (SSSR count). The van der Waals surface area contributed by atoms with E-state index in [0.29, 0.717) is 30.4 Å². The molecule has 0 saturated carbocycles. The number of rotatable bonds is 5. The zero-order valence-corrected chi connectivity index (χ0v) is 17.1. The Morgan fingerprint density at radius 1 is 1.10 bits per heavy atom. The first-order chi connectivity index (χ1) is 14.4. The third-order valence-electron chi connectivity index (χ3n) is 5.16. The van der Waals surface area contributed by atoms with E-state index >= 15 is 0 Å². The lowest BCUT2D eigenvalue weighted by molar-refractivity contribution is -0.152. The van der Waals surface area contributed by atoms with Gasteiger partial charge in [0.2, 0.25) is 0 Å². The van der Waals surface area contributed by atoms with Gasteiger partial charge in [0.05, 0.1) is 12.7 Å². The average molecular weight is 409 g/mol. The van der Waals surface area contributed by atoms with Gasteiger partial charge in [0, 0.05) is 22.7 Å². The molecule has 2 aromatic carbocycles. The van der Waals surface area contributed by atoms with Crippen LogP contribution in [0.15, 0.2) is 41.0 Å². The Hall–Kier alpha value is -3.48. The van der Waals surface area contributed by atoms with Crippen molar-refractivity contribution in [1.29, 1.82) is 0 Å². The van der Waals surface area contributed by atoms with Crippen LogP contribution in [-0.4, -0.2) is 31.2 Å². The molecule has 30 heavy (non-hydrogen) atoms. The number of hydrogen-bond donors (Lipinski definition) is 1. The van der Waals surface area contributed by atoms with Gasteiger partial charge in [-0.05, 0) is 44.0 Å². The minimum absolute atomic E-state index is 0.0249. The summed E-state index contributed by atoms with van der Waals surface area (Å²) in [5.41, 5.74) is 4.20. The molecular weight excluding hydrogens is 386 g/mol. The van der Waals surface area contributed by atoms with Crippen molar-refractivity contribution in [2.75, 3.05) is 18.5 Å². The van der Waals surface area contributed by atoms with Gasteiger partial charge in [-0.1, -0.05) is 12.1 Å². The van der Waals surface area contributed by atoms with E-state index < -0.39 is 18.0 Å². The molecule has 0 unspecified atom stereocenters. The van der Waals surface area contributed by atoms with E-state index in [4.69, 9.17) is 18.6 Å². The maximum absolute atomic E-state index is 12.4. The fourth-order valence-electron chi connectivity index (χ4n) is 3.34. The number of nitrogens with one attached hydrogen (secondary N) is 1. The second-order valence-electron chi connectivity index (χ2n) is 7.30. The van der Waals surface area contributed by atoms with Crippen molar-refractivity contribution < 1.29 is 28.2 Å². The molecule has 0 fully saturated rings. The Bertz CT molecular complexity index is 1120. The number of carbonyl (C=O) groups excluding carboxylic acids is 2. The van der Waals surface area contributed by atoms with E-state index in [1.807, 2.05) is 26.0 Å². The van der Waals surface area contributed by atoms with Gasteiger partial charge in [0.15, 0.2) is 17.6 Å². The topological polar surface area (TPSA) is 87.0 Å². The summed E-state index contributed by atoms with van der Waals surface area (Å²) in [5, 5.41) is 3.61. The monoisotopic (exact) mass is 409 g/mol. The van der Waals surface area contributed by atoms with Crippen molar-refractivity contribution in [3.8, 4) is 11.5 Å². The number of esters is 1. The zero-order valence-electron chi connectivity index (χ0n) is 17.1. The van der Waals surface area contributed by atoms with Gasteiger partial charge in [0.1, 0.15) is 18.8 Å². The third-order valence-corrected chi connectivity index (χ3v) is 5.16. The van der Waals surface area contributed by atoms with Crippen LogP contribution in [0.3, 0.4) is 0 Å². The van der Waals surface area contributed by atoms with Crippen LogP contribution >= 0.6 is 0 Å². The van der Waals surface area contributed by atoms with Crippen molar-refractivity contribution in [3.05, 3.63) is 53.3 Å². The Labute approximate surface area is 173 Å². The lowest BCUT2D eigenvalue weighted by Gasteiger charge is -2.19. The van der Waals surface area contributed by atoms with E-state index in [0.717, 1.165) is 27.7 Å². The first-order valence-electron chi connectivity index (χ1n) is 9.78. The van der Waals surface area contributed by atoms with Crippen LogP contribution in [0.25, 0.3) is 11.0 Å². The molecule has 1 amide bonds. The van der Waals surface area contributed by atoms with Gasteiger partial charge < -0.3 is 23.9 Å². The largest absolute Gasteiger partial charge is 0.486 e. The lowest BCUT2D eigenvalue weighted by atomic mass is 10.0. The van der Waals surface area contributed by atoms with Gasteiger partial charge in [-0.3, -0.25) is 9.59 Å². The molecule has 2 heterocycles. The summed E-state index contributed by atoms with van der Waals surface area (Å²) in [6.07, 6.45) is 0.642. The average Bonchev–Trinajstić information content (AvgIpc) is 3.13. The molecular formula is C23H23NO6. The van der Waals surface area contributed by atoms with Crippen molar-refractivity contribution in [1.82, 2.24) is 0 Å². The van der Waals surface area contributed by atoms with E-state index in [2.05, 4.69) is 5.32 Å². The molecule has 3 aromatic rings. The fourth-order valence-corrected chi connectivity index (χ4v) is 3.34. The molecule has 1 N–H and O–H groups in total. The quantitative estimate of drug-likeness (QED) is 0.643. The number of furan rings is 1. The fraction of sp³-hybridized carbons (Fsp3) is 0.304. The maximum Gasteiger partial charge on any atom is 0.311 e. The van der Waals surface area contributed by atoms with E-state index in [1.54, 1.807) is 24.5 Å². The maximum atomic E-state index is 12.4. The lowest BCUT2D eigenvalue weighted by Crippen LogP contribution is -2.30. The molecule has 156 valence electrons. The van der Waals surface area contributed by atoms with Crippen molar-refractivity contribution in [2.24, 2.45) is 0 Å². The highest BCUT2D eigenvalue weighted by atomic mass is 16.6. The van der Waals surface area contributed by atoms with Gasteiger partial charge in [-0.25, -0.2) is 0 Å². The van der Waals surface area contributed by atoms with Crippen LogP contribution in [0.5, 0.6) is 11.5 Å². The van der Waals surface area contributed by atoms with Crippen LogP contribution < -0.4 is 14.8 Å². The molecule has 1 aromatic heterocycles. The summed E-state index contributed by atoms with van der Waals surface area (Å²) in [5.74, 6) is 0.279. The highest BCUT2D eigenvalue weighted by Gasteiger charge is 2.21. The van der Waals surface area contributed by atoms with Gasteiger partial charge in [0.25, 0.3) is 5.91 Å². The number of hydrogen-bond acceptors (Lipinski definition) is 6. The van der Waals surface area contributed by atoms with Crippen LogP contribution in [0.4, 0.5) is 5.69 Å². The SMILES string of the molecule is Cc1ccc2c(CC(=O)O[C@@H](C)C(=O)Nc3ccc4c(c3)OCCO4)coc2c1C. The summed E-state index contributed by atoms with van der Waals surface area (Å²) in [4.78, 5) is 24.8. The van der Waals surface area contributed by atoms with Crippen LogP contribution in [0.2, 0.25) is 0 Å². The number of aryl methyl sites for hydroxylation is 2. The van der Waals surface area contributed by atoms with Crippen molar-refractivity contribution in [2.45, 2.75) is 33.3 Å². The van der Waals surface area contributed by atoms with Gasteiger partial charge in [-0.2, -0.15) is 0 Å². The normalized spacial score (nSPS) is 13.7. The number of amides is 1. The van der Waals surface area contributed by atoms with E-state index in [-0.39, 0.29) is 6.42 Å². The Morgan fingerprint density at radius 2 is 1.87 bits per heavy atom. The van der Waals surface area contributed by atoms with Crippen LogP contribution in [0, 0.1) is 13.8 Å². The predicted octanol–water partition coefficient (Wildman–Crippen LogP) is 3.93. The van der Waals surface area contributed by atoms with Gasteiger partial charge in [-0.15, -0.1) is 0 Å². The first-order valence-corrected chi connectivity index (χ1v) is 9.78. The number of carbonyl (C=O) groups is 2. The minimum atomic E-state index is -0.951. The highest BCUT2D eigenvalue weighted by Crippen LogP contribution is 2.32. The highest BCUT2D eigenvalue weighted by molar-refractivity contribution is 5.96. The second kappa shape index (κ2) is 8.10. The molecule has 0 saturated heterocycles. The summed E-state index contributed by atoms with van der Waals surface area (Å²) in [6, 6.07) is 9.05. The molecule has 0 aliphatic carbocycles. The molecule has 0 bridgehead atoms. The van der Waals surface area contributed by atoms with E-state index in [9.17, 15) is 9.59 Å². The zero-order chi connectivity index (χ0) is 21.3. The Morgan fingerprint density at radius 3 is 2.67 bits per heavy atom. The minimum Gasteiger partial charge on any atom is -0.486 e. The number of ether oxygens (including phenoxy) is 3. The van der Waals surface area contributed by atoms with Crippen LogP contribution in [-0.2, 0) is 20.7 Å². The third kappa shape index (κ3) is 3.96. The van der Waals surface area contributed by atoms with Crippen LogP contribution in [0.1, 0.15) is 23.6 Å². The summed E-state index contributed by atoms with van der Waals surface area (Å²) >= 11 is 0. The molecule has 1 aliphatic heterocycles. The molecule has 1 aliphatic rings. The molecule has 0 radical (unpaired) electrons. The predicted molar refractivity (Wildman–Crippen MR) is 111 cm³/mol. The molecule has 0 spiro atoms. The number of anilines is 1. The summed E-state index contributed by atoms with van der Waals surface area (Å²) in [6.45, 7) is 6.48. The van der Waals surface area contributed by atoms with E-state index in [1.165, 1.54) is 6.92 Å². The second-order valence-corrected chi connectivity index (χ2v) is 7.30. The van der Waals surface area contributed by atoms with Gasteiger partial charge >= 0.3 is 5.97 Å². The van der Waals surface area contributed by atoms with Crippen molar-refractivity contribution >= 4 is 28.5 Å². The number of fused-ring (bicyclic) bond motifs is 2. The molecule has 1 atom stereocenters. The molecule has 7 nitrogen and oxygen atoms in total. The molecule has 7 heteroatoms.